The van der Waals surface area contributed by atoms with Crippen LogP contribution < -0.4 is 0 Å². The second-order valence-corrected chi connectivity index (χ2v) is 6.76. The fraction of sp³-hybridized carbons (Fsp3) is 0.579. The molecule has 0 aromatic heterocycles. The maximum absolute atomic E-state index is 13.2. The lowest BCUT2D eigenvalue weighted by Gasteiger charge is -2.42. The highest BCUT2D eigenvalue weighted by Crippen LogP contribution is 2.36. The molecule has 1 aromatic rings. The van der Waals surface area contributed by atoms with Crippen LogP contribution >= 0.6 is 0 Å². The zero-order valence-corrected chi connectivity index (χ0v) is 14.6. The van der Waals surface area contributed by atoms with E-state index < -0.39 is 0 Å². The number of amides is 2. The molecule has 0 aliphatic carbocycles. The lowest BCUT2D eigenvalue weighted by atomic mass is 9.83. The summed E-state index contributed by atoms with van der Waals surface area (Å²) >= 11 is 0. The first-order chi connectivity index (χ1) is 11.6. The van der Waals surface area contributed by atoms with Crippen LogP contribution in [-0.4, -0.2) is 66.3 Å². The van der Waals surface area contributed by atoms with Gasteiger partial charge in [-0.05, 0) is 18.5 Å². The summed E-state index contributed by atoms with van der Waals surface area (Å²) in [5, 5.41) is 0. The van der Waals surface area contributed by atoms with Crippen molar-refractivity contribution >= 4 is 11.8 Å². The minimum absolute atomic E-state index is 0.128. The molecule has 0 unspecified atom stereocenters. The molecule has 0 N–H and O–H groups in total. The van der Waals surface area contributed by atoms with Crippen molar-refractivity contribution in [2.75, 3.05) is 39.8 Å². The van der Waals surface area contributed by atoms with E-state index in [1.54, 1.807) is 4.90 Å². The molecule has 2 atom stereocenters. The van der Waals surface area contributed by atoms with Crippen LogP contribution in [0.15, 0.2) is 30.3 Å². The van der Waals surface area contributed by atoms with Crippen molar-refractivity contribution in [1.82, 2.24) is 14.7 Å². The molecule has 0 saturated carbocycles. The molecular weight excluding hydrogens is 302 g/mol. The van der Waals surface area contributed by atoms with Gasteiger partial charge in [0.15, 0.2) is 0 Å². The van der Waals surface area contributed by atoms with Crippen LogP contribution in [0, 0.1) is 5.92 Å². The number of piperazine rings is 1. The van der Waals surface area contributed by atoms with Crippen LogP contribution in [0.5, 0.6) is 0 Å². The number of hydrogen-bond donors (Lipinski definition) is 0. The van der Waals surface area contributed by atoms with Gasteiger partial charge >= 0.3 is 0 Å². The summed E-state index contributed by atoms with van der Waals surface area (Å²) in [5.74, 6) is 0.200. The van der Waals surface area contributed by atoms with Crippen molar-refractivity contribution in [2.24, 2.45) is 5.92 Å². The van der Waals surface area contributed by atoms with Gasteiger partial charge in [-0.2, -0.15) is 0 Å². The van der Waals surface area contributed by atoms with Crippen LogP contribution in [0.3, 0.4) is 0 Å². The van der Waals surface area contributed by atoms with Gasteiger partial charge in [-0.15, -0.1) is 0 Å². The first-order valence-electron chi connectivity index (χ1n) is 8.93. The van der Waals surface area contributed by atoms with Crippen LogP contribution in [0.25, 0.3) is 0 Å². The minimum Gasteiger partial charge on any atom is -0.340 e. The average Bonchev–Trinajstić information content (AvgIpc) is 2.64. The summed E-state index contributed by atoms with van der Waals surface area (Å²) in [6, 6.07) is 9.82. The number of likely N-dealkylation sites (N-methyl/N-ethyl adjacent to an activating group) is 1. The molecule has 5 nitrogen and oxygen atoms in total. The van der Waals surface area contributed by atoms with Gasteiger partial charge in [-0.3, -0.25) is 9.59 Å². The lowest BCUT2D eigenvalue weighted by molar-refractivity contribution is -0.147. The van der Waals surface area contributed by atoms with Gasteiger partial charge in [-0.25, -0.2) is 0 Å². The van der Waals surface area contributed by atoms with E-state index in [2.05, 4.69) is 11.8 Å². The molecule has 1 aromatic carbocycles. The fourth-order valence-corrected chi connectivity index (χ4v) is 3.92. The van der Waals surface area contributed by atoms with Crippen molar-refractivity contribution < 1.29 is 9.59 Å². The molecule has 2 amide bonds. The summed E-state index contributed by atoms with van der Waals surface area (Å²) in [6.45, 7) is 6.67. The molecule has 0 radical (unpaired) electrons. The largest absolute Gasteiger partial charge is 0.340 e. The Morgan fingerprint density at radius 3 is 2.42 bits per heavy atom. The molecule has 3 rings (SSSR count). The normalized spacial score (nSPS) is 25.8. The van der Waals surface area contributed by atoms with Gasteiger partial charge in [0.1, 0.15) is 0 Å². The average molecular weight is 329 g/mol. The van der Waals surface area contributed by atoms with Gasteiger partial charge < -0.3 is 14.7 Å². The van der Waals surface area contributed by atoms with Crippen molar-refractivity contribution in [3.05, 3.63) is 35.9 Å². The summed E-state index contributed by atoms with van der Waals surface area (Å²) < 4.78 is 0. The van der Waals surface area contributed by atoms with E-state index in [1.165, 1.54) is 0 Å². The third-order valence-electron chi connectivity index (χ3n) is 5.45. The number of rotatable bonds is 3. The highest BCUT2D eigenvalue weighted by Gasteiger charge is 2.40. The topological polar surface area (TPSA) is 43.9 Å². The first-order valence-corrected chi connectivity index (χ1v) is 8.93. The van der Waals surface area contributed by atoms with Crippen LogP contribution in [0.4, 0.5) is 0 Å². The standard InChI is InChI=1S/C19H27N3O2/c1-3-21-11-13-22(14-12-21)19(24)16-9-10-17(23)20(2)18(16)15-7-5-4-6-8-15/h4-8,16,18H,3,9-14H2,1-2H3/t16-,18+/m0/s1. The predicted octanol–water partition coefficient (Wildman–Crippen LogP) is 1.76. The van der Waals surface area contributed by atoms with E-state index in [9.17, 15) is 9.59 Å². The molecule has 2 aliphatic rings. The van der Waals surface area contributed by atoms with E-state index in [0.717, 1.165) is 38.3 Å². The Hall–Kier alpha value is -1.88. The van der Waals surface area contributed by atoms with Gasteiger partial charge in [0.25, 0.3) is 0 Å². The SMILES string of the molecule is CCN1CCN(C(=O)[C@H]2CCC(=O)N(C)[C@@H]2c2ccccc2)CC1. The van der Waals surface area contributed by atoms with Crippen molar-refractivity contribution in [2.45, 2.75) is 25.8 Å². The third-order valence-corrected chi connectivity index (χ3v) is 5.45. The molecule has 2 heterocycles. The van der Waals surface area contributed by atoms with E-state index in [4.69, 9.17) is 0 Å². The lowest BCUT2D eigenvalue weighted by Crippen LogP contribution is -2.53. The number of nitrogens with zero attached hydrogens (tertiary/aromatic N) is 3. The Balaban J connectivity index is 1.79. The van der Waals surface area contributed by atoms with Crippen molar-refractivity contribution in [3.8, 4) is 0 Å². The van der Waals surface area contributed by atoms with Crippen molar-refractivity contribution in [3.63, 3.8) is 0 Å². The zero-order chi connectivity index (χ0) is 17.1. The van der Waals surface area contributed by atoms with E-state index in [0.29, 0.717) is 12.8 Å². The Bertz CT molecular complexity index is 582. The quantitative estimate of drug-likeness (QED) is 0.849. The van der Waals surface area contributed by atoms with Crippen LogP contribution in [-0.2, 0) is 9.59 Å². The van der Waals surface area contributed by atoms with Crippen LogP contribution in [0.1, 0.15) is 31.4 Å². The monoisotopic (exact) mass is 329 g/mol. The molecule has 0 bridgehead atoms. The number of benzene rings is 1. The van der Waals surface area contributed by atoms with Gasteiger partial charge in [0, 0.05) is 39.6 Å². The molecule has 2 aliphatic heterocycles. The Kier molecular flexibility index (Phi) is 5.19. The number of piperidine rings is 1. The number of carbonyl (C=O) groups is 2. The Morgan fingerprint density at radius 2 is 1.79 bits per heavy atom. The highest BCUT2D eigenvalue weighted by molar-refractivity contribution is 5.85. The van der Waals surface area contributed by atoms with E-state index >= 15 is 0 Å². The molecule has 5 heteroatoms. The van der Waals surface area contributed by atoms with Gasteiger partial charge in [-0.1, -0.05) is 37.3 Å². The predicted molar refractivity (Wildman–Crippen MR) is 93.4 cm³/mol. The third kappa shape index (κ3) is 3.31. The first kappa shape index (κ1) is 17.0. The Labute approximate surface area is 144 Å². The molecule has 130 valence electrons. The molecular formula is C19H27N3O2. The molecule has 24 heavy (non-hydrogen) atoms. The molecule has 0 spiro atoms. The molecule has 2 saturated heterocycles. The summed E-state index contributed by atoms with van der Waals surface area (Å²) in [5.41, 5.74) is 1.05. The smallest absolute Gasteiger partial charge is 0.228 e. The summed E-state index contributed by atoms with van der Waals surface area (Å²) in [4.78, 5) is 31.5. The minimum atomic E-state index is -0.149. The second kappa shape index (κ2) is 7.34. The number of carbonyl (C=O) groups excluding carboxylic acids is 2. The zero-order valence-electron chi connectivity index (χ0n) is 14.6. The highest BCUT2D eigenvalue weighted by atomic mass is 16.2. The van der Waals surface area contributed by atoms with Crippen LogP contribution in [0.2, 0.25) is 0 Å². The van der Waals surface area contributed by atoms with E-state index in [1.807, 2.05) is 42.3 Å². The van der Waals surface area contributed by atoms with Gasteiger partial charge in [0.05, 0.1) is 12.0 Å². The molecule has 2 fully saturated rings. The summed E-state index contributed by atoms with van der Waals surface area (Å²) in [7, 11) is 1.83. The second-order valence-electron chi connectivity index (χ2n) is 6.76. The van der Waals surface area contributed by atoms with Gasteiger partial charge in [0.2, 0.25) is 11.8 Å². The van der Waals surface area contributed by atoms with E-state index in [-0.39, 0.29) is 23.8 Å². The maximum Gasteiger partial charge on any atom is 0.228 e. The fourth-order valence-electron chi connectivity index (χ4n) is 3.92. The number of likely N-dealkylation sites (tertiary alicyclic amines) is 1. The maximum atomic E-state index is 13.2. The summed E-state index contributed by atoms with van der Waals surface area (Å²) in [6.07, 6.45) is 1.11. The van der Waals surface area contributed by atoms with Crippen molar-refractivity contribution in [1.29, 1.82) is 0 Å². The number of hydrogen-bond acceptors (Lipinski definition) is 3. The Morgan fingerprint density at radius 1 is 1.12 bits per heavy atom.